The zero-order valence-electron chi connectivity index (χ0n) is 13.5. The van der Waals surface area contributed by atoms with Crippen molar-refractivity contribution in [2.75, 3.05) is 11.4 Å². The molecule has 122 valence electrons. The summed E-state index contributed by atoms with van der Waals surface area (Å²) in [7, 11) is 0. The number of aryl methyl sites for hydroxylation is 2. The number of benzene rings is 1. The summed E-state index contributed by atoms with van der Waals surface area (Å²) < 4.78 is 0. The average molecular weight is 355 g/mol. The maximum Gasteiger partial charge on any atom is 0.233 e. The van der Waals surface area contributed by atoms with Gasteiger partial charge < -0.3 is 4.90 Å². The second-order valence-corrected chi connectivity index (χ2v) is 7.75. The van der Waals surface area contributed by atoms with E-state index in [9.17, 15) is 4.79 Å². The van der Waals surface area contributed by atoms with Gasteiger partial charge in [0.05, 0.1) is 12.1 Å². The summed E-state index contributed by atoms with van der Waals surface area (Å²) in [6, 6.07) is 8.44. The summed E-state index contributed by atoms with van der Waals surface area (Å²) in [5, 5.41) is 7.14. The molecule has 0 radical (unpaired) electrons. The molecule has 0 spiro atoms. The van der Waals surface area contributed by atoms with Crippen LogP contribution in [0, 0.1) is 6.92 Å². The number of fused-ring (bicyclic) bond motifs is 1. The Labute approximate surface area is 149 Å². The van der Waals surface area contributed by atoms with Crippen molar-refractivity contribution in [3.8, 4) is 10.6 Å². The molecule has 0 unspecified atom stereocenters. The van der Waals surface area contributed by atoms with E-state index < -0.39 is 0 Å². The summed E-state index contributed by atoms with van der Waals surface area (Å²) in [4.78, 5) is 19.4. The van der Waals surface area contributed by atoms with E-state index in [4.69, 9.17) is 0 Å². The van der Waals surface area contributed by atoms with Gasteiger partial charge in [0.15, 0.2) is 0 Å². The van der Waals surface area contributed by atoms with Crippen LogP contribution in [0.15, 0.2) is 40.4 Å². The minimum atomic E-state index is 0.141. The standard InChI is InChI=1S/C19H18N2OS2/c1-13-4-5-17-14(9-13)3-2-7-21(17)18(22)10-16-12-24-19(20-16)15-6-8-23-11-15/h4-6,8-9,11-12H,2-3,7,10H2,1H3. The van der Waals surface area contributed by atoms with Gasteiger partial charge in [0.1, 0.15) is 5.01 Å². The molecule has 0 fully saturated rings. The molecular weight excluding hydrogens is 336 g/mol. The van der Waals surface area contributed by atoms with Gasteiger partial charge in [-0.15, -0.1) is 11.3 Å². The van der Waals surface area contributed by atoms with Crippen LogP contribution in [-0.4, -0.2) is 17.4 Å². The number of hydrogen-bond acceptors (Lipinski definition) is 4. The molecular formula is C19H18N2OS2. The van der Waals surface area contributed by atoms with E-state index >= 15 is 0 Å². The van der Waals surface area contributed by atoms with Crippen LogP contribution in [0.5, 0.6) is 0 Å². The lowest BCUT2D eigenvalue weighted by atomic mass is 9.99. The smallest absolute Gasteiger partial charge is 0.233 e. The minimum absolute atomic E-state index is 0.141. The fourth-order valence-corrected chi connectivity index (χ4v) is 4.67. The number of rotatable bonds is 3. The molecule has 1 aliphatic rings. The zero-order chi connectivity index (χ0) is 16.5. The van der Waals surface area contributed by atoms with Gasteiger partial charge in [-0.2, -0.15) is 11.3 Å². The quantitative estimate of drug-likeness (QED) is 0.683. The Balaban J connectivity index is 1.53. The number of carbonyl (C=O) groups is 1. The first-order chi connectivity index (χ1) is 11.7. The van der Waals surface area contributed by atoms with Crippen LogP contribution in [0.1, 0.15) is 23.2 Å². The molecule has 0 bridgehead atoms. The van der Waals surface area contributed by atoms with E-state index in [0.717, 1.165) is 41.3 Å². The van der Waals surface area contributed by atoms with Gasteiger partial charge in [0.2, 0.25) is 5.91 Å². The minimum Gasteiger partial charge on any atom is -0.312 e. The lowest BCUT2D eigenvalue weighted by Gasteiger charge is -2.29. The Bertz CT molecular complexity index is 867. The van der Waals surface area contributed by atoms with Gasteiger partial charge >= 0.3 is 0 Å². The third-order valence-electron chi connectivity index (χ3n) is 4.31. The summed E-state index contributed by atoms with van der Waals surface area (Å²) in [5.74, 6) is 0.141. The maximum atomic E-state index is 12.8. The van der Waals surface area contributed by atoms with E-state index in [1.165, 1.54) is 11.1 Å². The summed E-state index contributed by atoms with van der Waals surface area (Å²) in [6.07, 6.45) is 2.45. The summed E-state index contributed by atoms with van der Waals surface area (Å²) in [5.41, 5.74) is 5.62. The van der Waals surface area contributed by atoms with Gasteiger partial charge in [0, 0.05) is 28.6 Å². The molecule has 0 saturated carbocycles. The second kappa shape index (κ2) is 6.49. The molecule has 0 atom stereocenters. The highest BCUT2D eigenvalue weighted by Crippen LogP contribution is 2.29. The lowest BCUT2D eigenvalue weighted by Crippen LogP contribution is -2.36. The molecule has 5 heteroatoms. The number of hydrogen-bond donors (Lipinski definition) is 0. The Hall–Kier alpha value is -1.98. The zero-order valence-corrected chi connectivity index (χ0v) is 15.1. The predicted octanol–water partition coefficient (Wildman–Crippen LogP) is 4.70. The van der Waals surface area contributed by atoms with Crippen LogP contribution in [0.25, 0.3) is 10.6 Å². The fourth-order valence-electron chi connectivity index (χ4n) is 3.14. The van der Waals surface area contributed by atoms with Crippen LogP contribution in [0.3, 0.4) is 0 Å². The topological polar surface area (TPSA) is 33.2 Å². The van der Waals surface area contributed by atoms with Crippen molar-refractivity contribution in [1.82, 2.24) is 4.98 Å². The highest BCUT2D eigenvalue weighted by atomic mass is 32.1. The first kappa shape index (κ1) is 15.5. The van der Waals surface area contributed by atoms with Gasteiger partial charge in [0.25, 0.3) is 0 Å². The second-order valence-electron chi connectivity index (χ2n) is 6.11. The van der Waals surface area contributed by atoms with Gasteiger partial charge in [-0.25, -0.2) is 4.98 Å². The molecule has 4 rings (SSSR count). The number of aromatic nitrogens is 1. The number of anilines is 1. The predicted molar refractivity (Wildman–Crippen MR) is 101 cm³/mol. The molecule has 24 heavy (non-hydrogen) atoms. The highest BCUT2D eigenvalue weighted by molar-refractivity contribution is 7.14. The van der Waals surface area contributed by atoms with Gasteiger partial charge in [-0.3, -0.25) is 4.79 Å². The number of thiazole rings is 1. The molecule has 0 N–H and O–H groups in total. The molecule has 1 aromatic carbocycles. The molecule has 0 aliphatic carbocycles. The van der Waals surface area contributed by atoms with Crippen molar-refractivity contribution >= 4 is 34.3 Å². The first-order valence-corrected chi connectivity index (χ1v) is 9.90. The molecule has 3 aromatic rings. The van der Waals surface area contributed by atoms with Gasteiger partial charge in [-0.05, 0) is 42.8 Å². The molecule has 1 aliphatic heterocycles. The van der Waals surface area contributed by atoms with Gasteiger partial charge in [-0.1, -0.05) is 17.7 Å². The Morgan fingerprint density at radius 2 is 2.21 bits per heavy atom. The molecule has 3 nitrogen and oxygen atoms in total. The SMILES string of the molecule is Cc1ccc2c(c1)CCCN2C(=O)Cc1csc(-c2ccsc2)n1. The van der Waals surface area contributed by atoms with Crippen molar-refractivity contribution in [3.05, 3.63) is 57.2 Å². The van der Waals surface area contributed by atoms with E-state index in [2.05, 4.69) is 41.6 Å². The summed E-state index contributed by atoms with van der Waals surface area (Å²) in [6.45, 7) is 2.90. The Morgan fingerprint density at radius 1 is 1.29 bits per heavy atom. The summed E-state index contributed by atoms with van der Waals surface area (Å²) >= 11 is 3.27. The number of nitrogens with zero attached hydrogens (tertiary/aromatic N) is 2. The van der Waals surface area contributed by atoms with Crippen LogP contribution in [0.4, 0.5) is 5.69 Å². The third-order valence-corrected chi connectivity index (χ3v) is 5.93. The number of amides is 1. The fraction of sp³-hybridized carbons (Fsp3) is 0.263. The van der Waals surface area contributed by atoms with Crippen LogP contribution in [-0.2, 0) is 17.6 Å². The monoisotopic (exact) mass is 354 g/mol. The van der Waals surface area contributed by atoms with E-state index in [-0.39, 0.29) is 5.91 Å². The normalized spacial score (nSPS) is 13.8. The average Bonchev–Trinajstić information content (AvgIpc) is 3.25. The van der Waals surface area contributed by atoms with Crippen LogP contribution in [0.2, 0.25) is 0 Å². The highest BCUT2D eigenvalue weighted by Gasteiger charge is 2.23. The van der Waals surface area contributed by atoms with E-state index in [1.54, 1.807) is 22.7 Å². The number of carbonyl (C=O) groups excluding carboxylic acids is 1. The van der Waals surface area contributed by atoms with Crippen molar-refractivity contribution < 1.29 is 4.79 Å². The first-order valence-electron chi connectivity index (χ1n) is 8.07. The van der Waals surface area contributed by atoms with Crippen molar-refractivity contribution in [3.63, 3.8) is 0 Å². The number of thiophene rings is 1. The van der Waals surface area contributed by atoms with Crippen LogP contribution >= 0.6 is 22.7 Å². The Kier molecular flexibility index (Phi) is 4.21. The molecule has 3 heterocycles. The van der Waals surface area contributed by atoms with Crippen LogP contribution < -0.4 is 4.90 Å². The van der Waals surface area contributed by atoms with Crippen molar-refractivity contribution in [2.45, 2.75) is 26.2 Å². The Morgan fingerprint density at radius 3 is 3.04 bits per heavy atom. The van der Waals surface area contributed by atoms with E-state index in [0.29, 0.717) is 6.42 Å². The van der Waals surface area contributed by atoms with Crippen molar-refractivity contribution in [2.24, 2.45) is 0 Å². The molecule has 2 aromatic heterocycles. The van der Waals surface area contributed by atoms with Crippen molar-refractivity contribution in [1.29, 1.82) is 0 Å². The molecule has 1 amide bonds. The largest absolute Gasteiger partial charge is 0.312 e. The third kappa shape index (κ3) is 3.01. The lowest BCUT2D eigenvalue weighted by molar-refractivity contribution is -0.118. The molecule has 0 saturated heterocycles. The maximum absolute atomic E-state index is 12.8. The van der Waals surface area contributed by atoms with E-state index in [1.807, 2.05) is 15.7 Å².